The molecule has 0 radical (unpaired) electrons. The Morgan fingerprint density at radius 1 is 1.10 bits per heavy atom. The molecular formula is C23H28Cl2N2O2S. The molecule has 162 valence electrons. The van der Waals surface area contributed by atoms with Crippen molar-refractivity contribution in [2.75, 3.05) is 12.8 Å². The van der Waals surface area contributed by atoms with Crippen LogP contribution in [0, 0.1) is 13.8 Å². The minimum absolute atomic E-state index is 0.0918. The average molecular weight is 467 g/mol. The topological polar surface area (TPSA) is 49.4 Å². The third-order valence-corrected chi connectivity index (χ3v) is 6.34. The predicted octanol–water partition coefficient (Wildman–Crippen LogP) is 5.40. The molecule has 2 amide bonds. The Morgan fingerprint density at radius 3 is 2.33 bits per heavy atom. The zero-order valence-electron chi connectivity index (χ0n) is 17.8. The van der Waals surface area contributed by atoms with Gasteiger partial charge >= 0.3 is 0 Å². The summed E-state index contributed by atoms with van der Waals surface area (Å²) in [5, 5.41) is 3.67. The van der Waals surface area contributed by atoms with Crippen LogP contribution < -0.4 is 5.32 Å². The summed E-state index contributed by atoms with van der Waals surface area (Å²) in [7, 11) is 1.58. The van der Waals surface area contributed by atoms with Crippen LogP contribution in [0.2, 0.25) is 10.0 Å². The van der Waals surface area contributed by atoms with Crippen LogP contribution in [0.3, 0.4) is 0 Å². The largest absolute Gasteiger partial charge is 0.357 e. The van der Waals surface area contributed by atoms with Gasteiger partial charge in [-0.05, 0) is 43.5 Å². The van der Waals surface area contributed by atoms with E-state index in [1.165, 1.54) is 16.7 Å². The van der Waals surface area contributed by atoms with Gasteiger partial charge in [-0.25, -0.2) is 0 Å². The molecule has 0 fully saturated rings. The molecule has 0 aliphatic rings. The molecule has 30 heavy (non-hydrogen) atoms. The summed E-state index contributed by atoms with van der Waals surface area (Å²) in [6.07, 6.45) is 0.512. The molecule has 0 aliphatic heterocycles. The van der Waals surface area contributed by atoms with Gasteiger partial charge in [0.1, 0.15) is 6.04 Å². The van der Waals surface area contributed by atoms with Crippen LogP contribution in [0.15, 0.2) is 36.4 Å². The van der Waals surface area contributed by atoms with Gasteiger partial charge in [0, 0.05) is 29.4 Å². The molecule has 0 spiro atoms. The van der Waals surface area contributed by atoms with Crippen LogP contribution in [0.5, 0.6) is 0 Å². The number of aryl methyl sites for hydroxylation is 2. The number of nitrogens with zero attached hydrogens (tertiary/aromatic N) is 1. The van der Waals surface area contributed by atoms with Gasteiger partial charge < -0.3 is 10.2 Å². The van der Waals surface area contributed by atoms with Crippen molar-refractivity contribution in [3.05, 3.63) is 68.7 Å². The van der Waals surface area contributed by atoms with Gasteiger partial charge in [-0.3, -0.25) is 9.59 Å². The molecule has 4 nitrogen and oxygen atoms in total. The number of thioether (sulfide) groups is 1. The lowest BCUT2D eigenvalue weighted by Gasteiger charge is -2.30. The normalized spacial score (nSPS) is 11.8. The zero-order chi connectivity index (χ0) is 22.3. The molecule has 1 N–H and O–H groups in total. The van der Waals surface area contributed by atoms with Crippen molar-refractivity contribution >= 4 is 46.8 Å². The molecule has 0 heterocycles. The summed E-state index contributed by atoms with van der Waals surface area (Å²) < 4.78 is 0. The minimum atomic E-state index is -0.559. The number of benzene rings is 2. The van der Waals surface area contributed by atoms with Gasteiger partial charge in [0.2, 0.25) is 11.8 Å². The van der Waals surface area contributed by atoms with Crippen molar-refractivity contribution in [1.82, 2.24) is 10.2 Å². The summed E-state index contributed by atoms with van der Waals surface area (Å²) in [6.45, 7) is 6.29. The fourth-order valence-electron chi connectivity index (χ4n) is 3.41. The number of carbonyl (C=O) groups is 2. The highest BCUT2D eigenvalue weighted by atomic mass is 35.5. The van der Waals surface area contributed by atoms with E-state index in [4.69, 9.17) is 23.2 Å². The van der Waals surface area contributed by atoms with Crippen molar-refractivity contribution < 1.29 is 9.59 Å². The molecule has 0 aromatic heterocycles. The van der Waals surface area contributed by atoms with Gasteiger partial charge in [0.25, 0.3) is 0 Å². The van der Waals surface area contributed by atoms with E-state index in [0.29, 0.717) is 16.5 Å². The maximum absolute atomic E-state index is 13.1. The van der Waals surface area contributed by atoms with Crippen molar-refractivity contribution in [2.24, 2.45) is 0 Å². The quantitative estimate of drug-likeness (QED) is 0.538. The molecule has 2 rings (SSSR count). The molecular weight excluding hydrogens is 439 g/mol. The van der Waals surface area contributed by atoms with Gasteiger partial charge in [-0.15, -0.1) is 11.8 Å². The first-order chi connectivity index (χ1) is 14.2. The molecule has 1 atom stereocenters. The fourth-order valence-corrected chi connectivity index (χ4v) is 4.72. The molecule has 0 bridgehead atoms. The molecule has 2 aromatic carbocycles. The molecule has 0 saturated heterocycles. The van der Waals surface area contributed by atoms with Crippen molar-refractivity contribution in [1.29, 1.82) is 0 Å². The number of rotatable bonds is 9. The van der Waals surface area contributed by atoms with Crippen LogP contribution in [0.25, 0.3) is 0 Å². The van der Waals surface area contributed by atoms with E-state index in [0.717, 1.165) is 11.3 Å². The monoisotopic (exact) mass is 466 g/mol. The van der Waals surface area contributed by atoms with Crippen LogP contribution in [0.4, 0.5) is 0 Å². The van der Waals surface area contributed by atoms with Crippen LogP contribution in [0.1, 0.15) is 35.6 Å². The maximum atomic E-state index is 13.1. The number of amides is 2. The van der Waals surface area contributed by atoms with Gasteiger partial charge in [0.05, 0.1) is 5.75 Å². The third-order valence-electron chi connectivity index (χ3n) is 4.76. The highest BCUT2D eigenvalue weighted by Gasteiger charge is 2.28. The van der Waals surface area contributed by atoms with Crippen molar-refractivity contribution in [2.45, 2.75) is 45.5 Å². The molecule has 7 heteroatoms. The molecule has 2 aromatic rings. The standard InChI is InChI=1S/C23H28Cl2N2O2S/c1-5-21(23(29)26-4)27(12-18-6-7-19(24)11-20(18)25)22(28)14-30-13-17-9-15(2)8-16(3)10-17/h6-11,21H,5,12-14H2,1-4H3,(H,26,29)/t21-/m0/s1. The zero-order valence-corrected chi connectivity index (χ0v) is 20.1. The Bertz CT molecular complexity index is 885. The second-order valence-electron chi connectivity index (χ2n) is 7.28. The van der Waals surface area contributed by atoms with Crippen molar-refractivity contribution in [3.63, 3.8) is 0 Å². The number of hydrogen-bond donors (Lipinski definition) is 1. The number of hydrogen-bond acceptors (Lipinski definition) is 3. The summed E-state index contributed by atoms with van der Waals surface area (Å²) in [4.78, 5) is 27.2. The maximum Gasteiger partial charge on any atom is 0.242 e. The lowest BCUT2D eigenvalue weighted by molar-refractivity contribution is -0.139. The first-order valence-corrected chi connectivity index (χ1v) is 11.8. The van der Waals surface area contributed by atoms with E-state index in [-0.39, 0.29) is 24.1 Å². The van der Waals surface area contributed by atoms with Crippen LogP contribution >= 0.6 is 35.0 Å². The third kappa shape index (κ3) is 6.93. The highest BCUT2D eigenvalue weighted by molar-refractivity contribution is 7.99. The van der Waals surface area contributed by atoms with Gasteiger partial charge in [0.15, 0.2) is 0 Å². The average Bonchev–Trinajstić information content (AvgIpc) is 2.68. The summed E-state index contributed by atoms with van der Waals surface area (Å²) in [5.74, 6) is 0.743. The molecule has 0 aliphatic carbocycles. The van der Waals surface area contributed by atoms with E-state index in [2.05, 4.69) is 37.4 Å². The Balaban J connectivity index is 2.15. The smallest absolute Gasteiger partial charge is 0.242 e. The van der Waals surface area contributed by atoms with Gasteiger partial charge in [-0.1, -0.05) is 65.5 Å². The summed E-state index contributed by atoms with van der Waals surface area (Å²) in [5.41, 5.74) is 4.37. The Morgan fingerprint density at radius 2 is 1.77 bits per heavy atom. The van der Waals surface area contributed by atoms with E-state index in [1.54, 1.807) is 41.9 Å². The second-order valence-corrected chi connectivity index (χ2v) is 9.11. The predicted molar refractivity (Wildman–Crippen MR) is 127 cm³/mol. The van der Waals surface area contributed by atoms with Gasteiger partial charge in [-0.2, -0.15) is 0 Å². The number of halogens is 2. The first-order valence-electron chi connectivity index (χ1n) is 9.85. The SMILES string of the molecule is CC[C@@H](C(=O)NC)N(Cc1ccc(Cl)cc1Cl)C(=O)CSCc1cc(C)cc(C)c1. The Kier molecular flexibility index (Phi) is 9.53. The lowest BCUT2D eigenvalue weighted by Crippen LogP contribution is -2.48. The lowest BCUT2D eigenvalue weighted by atomic mass is 10.1. The summed E-state index contributed by atoms with van der Waals surface area (Å²) in [6, 6.07) is 11.0. The highest BCUT2D eigenvalue weighted by Crippen LogP contribution is 2.24. The van der Waals surface area contributed by atoms with Crippen molar-refractivity contribution in [3.8, 4) is 0 Å². The molecule has 0 unspecified atom stereocenters. The van der Waals surface area contributed by atoms with Crippen LogP contribution in [-0.4, -0.2) is 35.6 Å². The van der Waals surface area contributed by atoms with E-state index in [1.807, 2.05) is 6.92 Å². The fraction of sp³-hybridized carbons (Fsp3) is 0.391. The first kappa shape index (κ1) is 24.6. The van der Waals surface area contributed by atoms with Crippen LogP contribution in [-0.2, 0) is 21.9 Å². The minimum Gasteiger partial charge on any atom is -0.357 e. The molecule has 0 saturated carbocycles. The Labute approximate surface area is 193 Å². The number of carbonyl (C=O) groups excluding carboxylic acids is 2. The van der Waals surface area contributed by atoms with E-state index >= 15 is 0 Å². The number of likely N-dealkylation sites (N-methyl/N-ethyl adjacent to an activating group) is 1. The second kappa shape index (κ2) is 11.6. The number of nitrogens with one attached hydrogen (secondary N) is 1. The van der Waals surface area contributed by atoms with E-state index < -0.39 is 6.04 Å². The van der Waals surface area contributed by atoms with E-state index in [9.17, 15) is 9.59 Å². The Hall–Kier alpha value is -1.69. The summed E-state index contributed by atoms with van der Waals surface area (Å²) >= 11 is 13.9.